The Morgan fingerprint density at radius 1 is 0.947 bits per heavy atom. The van der Waals surface area contributed by atoms with Crippen LogP contribution in [0, 0.1) is 13.8 Å². The standard InChI is InChI=1S/C30H26ClN3O3S/c1-16-8-10-18(11-9-16)23-15-20(19-12-13-24(36-3)25(14-19)37-4)26-27(32)28(38-30(26)34-23)29(35)33-22-7-5-6-21(31)17(22)2/h5-15H,32H2,1-4H3,(H,33,35). The van der Waals surface area contributed by atoms with E-state index in [9.17, 15) is 4.79 Å². The summed E-state index contributed by atoms with van der Waals surface area (Å²) in [7, 11) is 3.20. The number of ether oxygens (including phenoxy) is 2. The molecule has 0 fully saturated rings. The summed E-state index contributed by atoms with van der Waals surface area (Å²) in [6.07, 6.45) is 0. The van der Waals surface area contributed by atoms with E-state index in [1.54, 1.807) is 26.4 Å². The smallest absolute Gasteiger partial charge is 0.267 e. The van der Waals surface area contributed by atoms with E-state index < -0.39 is 0 Å². The molecule has 0 unspecified atom stereocenters. The number of carbonyl (C=O) groups is 1. The van der Waals surface area contributed by atoms with Gasteiger partial charge in [-0.15, -0.1) is 11.3 Å². The predicted octanol–water partition coefficient (Wildman–Crippen LogP) is 7.75. The number of halogens is 1. The van der Waals surface area contributed by atoms with Crippen LogP contribution in [0.2, 0.25) is 5.02 Å². The van der Waals surface area contributed by atoms with E-state index in [1.807, 2.05) is 68.4 Å². The third-order valence-electron chi connectivity index (χ3n) is 6.46. The number of methoxy groups -OCH3 is 2. The number of thiophene rings is 1. The summed E-state index contributed by atoms with van der Waals surface area (Å²) in [4.78, 5) is 19.4. The number of hydrogen-bond donors (Lipinski definition) is 2. The first kappa shape index (κ1) is 25.6. The summed E-state index contributed by atoms with van der Waals surface area (Å²) >= 11 is 7.52. The van der Waals surface area contributed by atoms with Gasteiger partial charge in [0.05, 0.1) is 25.6 Å². The molecular formula is C30H26ClN3O3S. The van der Waals surface area contributed by atoms with Crippen LogP contribution in [0.4, 0.5) is 11.4 Å². The van der Waals surface area contributed by atoms with E-state index in [4.69, 9.17) is 31.8 Å². The van der Waals surface area contributed by atoms with Gasteiger partial charge in [-0.3, -0.25) is 4.79 Å². The Morgan fingerprint density at radius 2 is 1.66 bits per heavy atom. The zero-order valence-corrected chi connectivity index (χ0v) is 23.0. The molecule has 8 heteroatoms. The molecule has 2 aromatic heterocycles. The molecule has 192 valence electrons. The van der Waals surface area contributed by atoms with Gasteiger partial charge in [-0.05, 0) is 60.9 Å². The summed E-state index contributed by atoms with van der Waals surface area (Å²) in [6, 6.07) is 21.3. The van der Waals surface area contributed by atoms with Crippen LogP contribution in [0.1, 0.15) is 20.8 Å². The van der Waals surface area contributed by atoms with Gasteiger partial charge in [0.1, 0.15) is 9.71 Å². The van der Waals surface area contributed by atoms with Crippen LogP contribution in [0.15, 0.2) is 66.7 Å². The third-order valence-corrected chi connectivity index (χ3v) is 7.97. The molecule has 1 amide bonds. The Labute approximate surface area is 230 Å². The molecule has 0 aliphatic heterocycles. The lowest BCUT2D eigenvalue weighted by Crippen LogP contribution is -2.13. The van der Waals surface area contributed by atoms with Crippen LogP contribution >= 0.6 is 22.9 Å². The number of nitrogens with two attached hydrogens (primary N) is 1. The first-order chi connectivity index (χ1) is 18.3. The molecule has 6 nitrogen and oxygen atoms in total. The van der Waals surface area contributed by atoms with Gasteiger partial charge in [0.2, 0.25) is 0 Å². The SMILES string of the molecule is COc1ccc(-c2cc(-c3ccc(C)cc3)nc3sc(C(=O)Nc4cccc(Cl)c4C)c(N)c23)cc1OC. The fraction of sp³-hybridized carbons (Fsp3) is 0.133. The molecule has 0 saturated heterocycles. The highest BCUT2D eigenvalue weighted by molar-refractivity contribution is 7.21. The average Bonchev–Trinajstić information content (AvgIpc) is 3.27. The van der Waals surface area contributed by atoms with Gasteiger partial charge < -0.3 is 20.5 Å². The van der Waals surface area contributed by atoms with Crippen molar-refractivity contribution in [2.75, 3.05) is 25.3 Å². The number of nitrogen functional groups attached to an aromatic ring is 1. The van der Waals surface area contributed by atoms with Crippen molar-refractivity contribution in [3.8, 4) is 33.9 Å². The Bertz CT molecular complexity index is 1680. The number of carbonyl (C=O) groups excluding carboxylic acids is 1. The van der Waals surface area contributed by atoms with Crippen molar-refractivity contribution in [3.63, 3.8) is 0 Å². The highest BCUT2D eigenvalue weighted by atomic mass is 35.5. The van der Waals surface area contributed by atoms with Gasteiger partial charge in [0.15, 0.2) is 11.5 Å². The Balaban J connectivity index is 1.70. The minimum Gasteiger partial charge on any atom is -0.493 e. The molecule has 0 aliphatic rings. The van der Waals surface area contributed by atoms with E-state index in [0.717, 1.165) is 33.5 Å². The molecule has 38 heavy (non-hydrogen) atoms. The van der Waals surface area contributed by atoms with E-state index in [2.05, 4.69) is 5.32 Å². The van der Waals surface area contributed by atoms with Crippen LogP contribution in [0.3, 0.4) is 0 Å². The van der Waals surface area contributed by atoms with Crippen molar-refractivity contribution in [1.82, 2.24) is 4.98 Å². The second-order valence-electron chi connectivity index (χ2n) is 8.88. The van der Waals surface area contributed by atoms with Crippen LogP contribution in [0.25, 0.3) is 32.6 Å². The number of aromatic nitrogens is 1. The maximum Gasteiger partial charge on any atom is 0.267 e. The molecule has 2 heterocycles. The van der Waals surface area contributed by atoms with Crippen molar-refractivity contribution in [3.05, 3.63) is 87.8 Å². The Morgan fingerprint density at radius 3 is 2.37 bits per heavy atom. The number of pyridine rings is 1. The fourth-order valence-electron chi connectivity index (χ4n) is 4.32. The normalized spacial score (nSPS) is 11.0. The quantitative estimate of drug-likeness (QED) is 0.228. The van der Waals surface area contributed by atoms with E-state index in [1.165, 1.54) is 11.3 Å². The number of benzene rings is 3. The van der Waals surface area contributed by atoms with Crippen LogP contribution in [0.5, 0.6) is 11.5 Å². The number of fused-ring (bicyclic) bond motifs is 1. The van der Waals surface area contributed by atoms with E-state index in [-0.39, 0.29) is 5.91 Å². The molecule has 0 saturated carbocycles. The topological polar surface area (TPSA) is 86.5 Å². The van der Waals surface area contributed by atoms with Crippen LogP contribution in [-0.2, 0) is 0 Å². The molecular weight excluding hydrogens is 518 g/mol. The van der Waals surface area contributed by atoms with Crippen LogP contribution < -0.4 is 20.5 Å². The number of aryl methyl sites for hydroxylation is 1. The molecule has 0 atom stereocenters. The van der Waals surface area contributed by atoms with Gasteiger partial charge in [0.25, 0.3) is 5.91 Å². The monoisotopic (exact) mass is 543 g/mol. The summed E-state index contributed by atoms with van der Waals surface area (Å²) in [6.45, 7) is 3.90. The molecule has 5 rings (SSSR count). The maximum atomic E-state index is 13.4. The number of rotatable bonds is 6. The summed E-state index contributed by atoms with van der Waals surface area (Å²) < 4.78 is 11.0. The Hall–Kier alpha value is -4.07. The summed E-state index contributed by atoms with van der Waals surface area (Å²) in [5.41, 5.74) is 13.1. The lowest BCUT2D eigenvalue weighted by atomic mass is 9.98. The predicted molar refractivity (Wildman–Crippen MR) is 157 cm³/mol. The maximum absolute atomic E-state index is 13.4. The molecule has 5 aromatic rings. The highest BCUT2D eigenvalue weighted by Gasteiger charge is 2.23. The van der Waals surface area contributed by atoms with Gasteiger partial charge in [-0.1, -0.05) is 53.6 Å². The lowest BCUT2D eigenvalue weighted by molar-refractivity contribution is 0.103. The summed E-state index contributed by atoms with van der Waals surface area (Å²) in [5.74, 6) is 0.900. The number of anilines is 2. The number of nitrogens with one attached hydrogen (secondary N) is 1. The van der Waals surface area contributed by atoms with E-state index >= 15 is 0 Å². The fourth-order valence-corrected chi connectivity index (χ4v) is 5.50. The second kappa shape index (κ2) is 10.4. The minimum atomic E-state index is -0.314. The van der Waals surface area contributed by atoms with Gasteiger partial charge in [-0.2, -0.15) is 0 Å². The number of amides is 1. The van der Waals surface area contributed by atoms with E-state index in [0.29, 0.717) is 43.0 Å². The molecule has 3 N–H and O–H groups in total. The largest absolute Gasteiger partial charge is 0.493 e. The minimum absolute atomic E-state index is 0.314. The first-order valence-corrected chi connectivity index (χ1v) is 13.1. The molecule has 0 bridgehead atoms. The molecule has 0 aliphatic carbocycles. The second-order valence-corrected chi connectivity index (χ2v) is 10.3. The van der Waals surface area contributed by atoms with Crippen molar-refractivity contribution in [2.45, 2.75) is 13.8 Å². The van der Waals surface area contributed by atoms with Gasteiger partial charge in [-0.25, -0.2) is 4.98 Å². The summed E-state index contributed by atoms with van der Waals surface area (Å²) in [5, 5.41) is 4.25. The van der Waals surface area contributed by atoms with Gasteiger partial charge in [0, 0.05) is 21.7 Å². The van der Waals surface area contributed by atoms with Crippen molar-refractivity contribution >= 4 is 50.4 Å². The highest BCUT2D eigenvalue weighted by Crippen LogP contribution is 2.43. The first-order valence-electron chi connectivity index (χ1n) is 11.9. The van der Waals surface area contributed by atoms with Crippen molar-refractivity contribution in [2.24, 2.45) is 0 Å². The van der Waals surface area contributed by atoms with Gasteiger partial charge >= 0.3 is 0 Å². The zero-order valence-electron chi connectivity index (χ0n) is 21.4. The van der Waals surface area contributed by atoms with Crippen molar-refractivity contribution < 1.29 is 14.3 Å². The van der Waals surface area contributed by atoms with Crippen molar-refractivity contribution in [1.29, 1.82) is 0 Å². The lowest BCUT2D eigenvalue weighted by Gasteiger charge is -2.12. The molecule has 0 spiro atoms. The zero-order chi connectivity index (χ0) is 27.0. The van der Waals surface area contributed by atoms with Crippen LogP contribution in [-0.4, -0.2) is 25.1 Å². The number of nitrogens with zero attached hydrogens (tertiary/aromatic N) is 1. The molecule has 3 aromatic carbocycles. The Kier molecular flexibility index (Phi) is 6.97. The molecule has 0 radical (unpaired) electrons. The number of hydrogen-bond acceptors (Lipinski definition) is 6. The average molecular weight is 544 g/mol. The third kappa shape index (κ3) is 4.66.